The second-order valence-electron chi connectivity index (χ2n) is 5.59. The van der Waals surface area contributed by atoms with Crippen molar-refractivity contribution in [2.75, 3.05) is 28.8 Å². The van der Waals surface area contributed by atoms with Crippen LogP contribution in [-0.2, 0) is 9.84 Å². The van der Waals surface area contributed by atoms with Crippen LogP contribution in [-0.4, -0.2) is 48.2 Å². The van der Waals surface area contributed by atoms with Gasteiger partial charge in [-0.1, -0.05) is 23.2 Å². The van der Waals surface area contributed by atoms with Gasteiger partial charge < -0.3 is 10.2 Å². The van der Waals surface area contributed by atoms with Gasteiger partial charge in [-0.15, -0.1) is 5.10 Å². The highest BCUT2D eigenvalue weighted by Crippen LogP contribution is 2.25. The Labute approximate surface area is 149 Å². The minimum atomic E-state index is -2.98. The third-order valence-corrected chi connectivity index (χ3v) is 5.94. The summed E-state index contributed by atoms with van der Waals surface area (Å²) in [5.74, 6) is 1.12. The van der Waals surface area contributed by atoms with Gasteiger partial charge in [0.05, 0.1) is 17.7 Å². The summed E-state index contributed by atoms with van der Waals surface area (Å²) in [6.07, 6.45) is 2.03. The van der Waals surface area contributed by atoms with Crippen LogP contribution in [0.25, 0.3) is 0 Å². The zero-order valence-corrected chi connectivity index (χ0v) is 15.1. The second-order valence-corrected chi connectivity index (χ2v) is 8.69. The number of anilines is 3. The Balaban J connectivity index is 1.79. The van der Waals surface area contributed by atoms with Crippen molar-refractivity contribution < 1.29 is 8.42 Å². The quantitative estimate of drug-likeness (QED) is 0.861. The number of nitrogens with zero attached hydrogens (tertiary/aromatic N) is 4. The van der Waals surface area contributed by atoms with E-state index in [-0.39, 0.29) is 17.5 Å². The van der Waals surface area contributed by atoms with E-state index >= 15 is 0 Å². The molecule has 3 rings (SSSR count). The summed E-state index contributed by atoms with van der Waals surface area (Å²) in [5, 5.41) is 12.0. The molecule has 0 saturated carbocycles. The molecule has 7 nitrogen and oxygen atoms in total. The van der Waals surface area contributed by atoms with Crippen LogP contribution in [0.5, 0.6) is 0 Å². The molecule has 0 amide bonds. The highest BCUT2D eigenvalue weighted by molar-refractivity contribution is 7.91. The maximum absolute atomic E-state index is 11.6. The molecule has 2 heterocycles. The smallest absolute Gasteiger partial charge is 0.247 e. The predicted octanol–water partition coefficient (Wildman–Crippen LogP) is 2.55. The van der Waals surface area contributed by atoms with Crippen molar-refractivity contribution in [3.8, 4) is 0 Å². The molecule has 1 aromatic carbocycles. The van der Waals surface area contributed by atoms with E-state index in [1.54, 1.807) is 30.1 Å². The van der Waals surface area contributed by atoms with Crippen LogP contribution in [0.1, 0.15) is 6.42 Å². The van der Waals surface area contributed by atoms with Gasteiger partial charge in [0.25, 0.3) is 0 Å². The standard InChI is InChI=1S/C14H15Cl2N5O2S/c1-21(12-2-3-24(22,23)8-12)14-19-13(7-17-20-14)18-11-5-9(15)4-10(16)6-11/h4-7,12H,2-3,8H2,1H3,(H,18,19,20). The number of rotatable bonds is 4. The molecule has 1 unspecified atom stereocenters. The highest BCUT2D eigenvalue weighted by Gasteiger charge is 2.31. The summed E-state index contributed by atoms with van der Waals surface area (Å²) >= 11 is 11.9. The van der Waals surface area contributed by atoms with Crippen LogP contribution >= 0.6 is 23.2 Å². The molecule has 1 fully saturated rings. The summed E-state index contributed by atoms with van der Waals surface area (Å²) in [4.78, 5) is 6.12. The third kappa shape index (κ3) is 4.06. The van der Waals surface area contributed by atoms with Gasteiger partial charge in [0.15, 0.2) is 15.7 Å². The molecule has 24 heavy (non-hydrogen) atoms. The molecule has 0 spiro atoms. The van der Waals surface area contributed by atoms with E-state index in [1.165, 1.54) is 6.20 Å². The van der Waals surface area contributed by atoms with E-state index in [0.717, 1.165) is 0 Å². The van der Waals surface area contributed by atoms with Crippen LogP contribution in [0, 0.1) is 0 Å². The molecule has 1 atom stereocenters. The molecule has 0 radical (unpaired) electrons. The zero-order valence-electron chi connectivity index (χ0n) is 12.8. The van der Waals surface area contributed by atoms with E-state index < -0.39 is 9.84 Å². The maximum Gasteiger partial charge on any atom is 0.247 e. The van der Waals surface area contributed by atoms with E-state index in [4.69, 9.17) is 23.2 Å². The molecule has 1 N–H and O–H groups in total. The minimum absolute atomic E-state index is 0.106. The first-order chi connectivity index (χ1) is 11.3. The number of aromatic nitrogens is 3. The molecule has 1 aliphatic heterocycles. The van der Waals surface area contributed by atoms with Crippen LogP contribution in [0.4, 0.5) is 17.5 Å². The average molecular weight is 388 g/mol. The lowest BCUT2D eigenvalue weighted by molar-refractivity contribution is 0.600. The highest BCUT2D eigenvalue weighted by atomic mass is 35.5. The maximum atomic E-state index is 11.6. The van der Waals surface area contributed by atoms with Crippen molar-refractivity contribution in [2.45, 2.75) is 12.5 Å². The topological polar surface area (TPSA) is 88.1 Å². The second kappa shape index (κ2) is 6.70. The lowest BCUT2D eigenvalue weighted by Crippen LogP contribution is -2.34. The van der Waals surface area contributed by atoms with Crippen molar-refractivity contribution in [1.82, 2.24) is 15.2 Å². The van der Waals surface area contributed by atoms with Crippen molar-refractivity contribution in [1.29, 1.82) is 0 Å². The first-order valence-electron chi connectivity index (χ1n) is 7.18. The number of hydrogen-bond acceptors (Lipinski definition) is 7. The monoisotopic (exact) mass is 387 g/mol. The van der Waals surface area contributed by atoms with E-state index in [0.29, 0.717) is 33.9 Å². The normalized spacial score (nSPS) is 19.2. The van der Waals surface area contributed by atoms with Crippen LogP contribution in [0.15, 0.2) is 24.4 Å². The fraction of sp³-hybridized carbons (Fsp3) is 0.357. The van der Waals surface area contributed by atoms with Gasteiger partial charge in [0, 0.05) is 28.8 Å². The van der Waals surface area contributed by atoms with Gasteiger partial charge >= 0.3 is 0 Å². The molecule has 128 valence electrons. The largest absolute Gasteiger partial charge is 0.339 e. The molecule has 1 aromatic heterocycles. The summed E-state index contributed by atoms with van der Waals surface area (Å²) < 4.78 is 23.3. The zero-order chi connectivity index (χ0) is 17.3. The third-order valence-electron chi connectivity index (χ3n) is 3.75. The number of hydrogen-bond donors (Lipinski definition) is 1. The SMILES string of the molecule is CN(c1nncc(Nc2cc(Cl)cc(Cl)c2)n1)C1CCS(=O)(=O)C1. The summed E-state index contributed by atoms with van der Waals surface area (Å²) in [6, 6.07) is 4.91. The predicted molar refractivity (Wildman–Crippen MR) is 95.0 cm³/mol. The number of benzene rings is 1. The van der Waals surface area contributed by atoms with Crippen molar-refractivity contribution >= 4 is 50.5 Å². The molecule has 10 heteroatoms. The van der Waals surface area contributed by atoms with Crippen molar-refractivity contribution in [2.24, 2.45) is 0 Å². The summed E-state index contributed by atoms with van der Waals surface area (Å²) in [5.41, 5.74) is 0.671. The number of nitrogens with one attached hydrogen (secondary N) is 1. The van der Waals surface area contributed by atoms with Crippen LogP contribution in [0.2, 0.25) is 10.0 Å². The molecule has 1 aliphatic rings. The number of sulfone groups is 1. The van der Waals surface area contributed by atoms with Crippen LogP contribution in [0.3, 0.4) is 0 Å². The fourth-order valence-corrected chi connectivity index (χ4v) is 4.82. The van der Waals surface area contributed by atoms with Crippen LogP contribution < -0.4 is 10.2 Å². The van der Waals surface area contributed by atoms with Gasteiger partial charge in [0.2, 0.25) is 5.95 Å². The minimum Gasteiger partial charge on any atom is -0.339 e. The Bertz CT molecular complexity index is 842. The van der Waals surface area contributed by atoms with E-state index in [1.807, 2.05) is 0 Å². The number of halogens is 2. The lowest BCUT2D eigenvalue weighted by Gasteiger charge is -2.22. The van der Waals surface area contributed by atoms with Gasteiger partial charge in [-0.2, -0.15) is 10.1 Å². The fourth-order valence-electron chi connectivity index (χ4n) is 2.52. The van der Waals surface area contributed by atoms with Crippen molar-refractivity contribution in [3.05, 3.63) is 34.4 Å². The molecule has 0 bridgehead atoms. The Hall–Kier alpha value is -1.64. The van der Waals surface area contributed by atoms with Gasteiger partial charge in [-0.05, 0) is 24.6 Å². The Morgan fingerprint density at radius 3 is 2.58 bits per heavy atom. The van der Waals surface area contributed by atoms with E-state index in [2.05, 4.69) is 20.5 Å². The molecular formula is C14H15Cl2N5O2S. The van der Waals surface area contributed by atoms with Gasteiger partial charge in [-0.3, -0.25) is 0 Å². The van der Waals surface area contributed by atoms with Gasteiger partial charge in [-0.25, -0.2) is 8.42 Å². The Kier molecular flexibility index (Phi) is 4.80. The molecule has 2 aromatic rings. The molecule has 1 saturated heterocycles. The summed E-state index contributed by atoms with van der Waals surface area (Å²) in [7, 11) is -1.21. The summed E-state index contributed by atoms with van der Waals surface area (Å²) in [6.45, 7) is 0. The van der Waals surface area contributed by atoms with Gasteiger partial charge in [0.1, 0.15) is 0 Å². The lowest BCUT2D eigenvalue weighted by atomic mass is 10.2. The first kappa shape index (κ1) is 17.2. The Morgan fingerprint density at radius 2 is 1.96 bits per heavy atom. The molecule has 0 aliphatic carbocycles. The van der Waals surface area contributed by atoms with E-state index in [9.17, 15) is 8.42 Å². The molecular weight excluding hydrogens is 373 g/mol. The first-order valence-corrected chi connectivity index (χ1v) is 9.76. The van der Waals surface area contributed by atoms with Crippen molar-refractivity contribution in [3.63, 3.8) is 0 Å². The average Bonchev–Trinajstić information content (AvgIpc) is 2.86. The Morgan fingerprint density at radius 1 is 1.25 bits per heavy atom.